The molecule has 1 fully saturated rings. The van der Waals surface area contributed by atoms with Crippen LogP contribution in [0.1, 0.15) is 12.8 Å². The molecule has 0 saturated carbocycles. The lowest BCUT2D eigenvalue weighted by atomic mass is 10.2. The third-order valence-electron chi connectivity index (χ3n) is 2.19. The molecule has 0 aromatic heterocycles. The molecule has 0 aromatic rings. The van der Waals surface area contributed by atoms with Crippen LogP contribution in [0.15, 0.2) is 0 Å². The maximum atomic E-state index is 11.9. The van der Waals surface area contributed by atoms with Gasteiger partial charge in [0.25, 0.3) is 0 Å². The van der Waals surface area contributed by atoms with Crippen molar-refractivity contribution in [3.8, 4) is 0 Å². The van der Waals surface area contributed by atoms with Gasteiger partial charge in [-0.05, 0) is 12.8 Å². The van der Waals surface area contributed by atoms with Crippen LogP contribution < -0.4 is 4.72 Å². The Balaban J connectivity index is 2.46. The second-order valence-electron chi connectivity index (χ2n) is 3.46. The predicted octanol–water partition coefficient (Wildman–Crippen LogP) is 0.0578. The van der Waals surface area contributed by atoms with Crippen molar-refractivity contribution in [2.75, 3.05) is 6.54 Å². The van der Waals surface area contributed by atoms with Gasteiger partial charge >= 0.3 is 21.5 Å². The summed E-state index contributed by atoms with van der Waals surface area (Å²) in [5.74, 6) is -1.22. The minimum absolute atomic E-state index is 0.147. The lowest BCUT2D eigenvalue weighted by Gasteiger charge is -2.13. The van der Waals surface area contributed by atoms with Crippen molar-refractivity contribution in [1.29, 1.82) is 0 Å². The van der Waals surface area contributed by atoms with Gasteiger partial charge in [-0.2, -0.15) is 13.2 Å². The molecular weight excluding hydrogens is 267 g/mol. The number of rotatable bonds is 4. The first-order chi connectivity index (χ1) is 7.63. The molecule has 10 heteroatoms. The van der Waals surface area contributed by atoms with E-state index in [9.17, 15) is 26.4 Å². The van der Waals surface area contributed by atoms with E-state index in [0.717, 1.165) is 0 Å². The molecular formula is C7H10F3NO5S. The molecule has 2 unspecified atom stereocenters. The Morgan fingerprint density at radius 3 is 2.41 bits per heavy atom. The summed E-state index contributed by atoms with van der Waals surface area (Å²) < 4.78 is 63.2. The number of alkyl halides is 3. The highest BCUT2D eigenvalue weighted by atomic mass is 32.2. The predicted molar refractivity (Wildman–Crippen MR) is 48.5 cm³/mol. The molecule has 0 bridgehead atoms. The first kappa shape index (κ1) is 14.2. The highest BCUT2D eigenvalue weighted by molar-refractivity contribution is 7.90. The zero-order chi connectivity index (χ0) is 13.3. The van der Waals surface area contributed by atoms with Crippen molar-refractivity contribution in [2.24, 2.45) is 0 Å². The van der Waals surface area contributed by atoms with Crippen LogP contribution in [0.2, 0.25) is 0 Å². The fraction of sp³-hybridized carbons (Fsp3) is 0.857. The SMILES string of the molecule is O=C(O)C1CCC(CNS(=O)(=O)C(F)(F)F)O1. The zero-order valence-corrected chi connectivity index (χ0v) is 9.21. The van der Waals surface area contributed by atoms with E-state index >= 15 is 0 Å². The largest absolute Gasteiger partial charge is 0.511 e. The number of carboxylic acid groups (broad SMARTS) is 1. The van der Waals surface area contributed by atoms with Crippen LogP contribution in [0.4, 0.5) is 13.2 Å². The van der Waals surface area contributed by atoms with Crippen LogP contribution in [-0.4, -0.2) is 43.8 Å². The molecule has 17 heavy (non-hydrogen) atoms. The van der Waals surface area contributed by atoms with E-state index in [0.29, 0.717) is 0 Å². The summed E-state index contributed by atoms with van der Waals surface area (Å²) in [6.07, 6.45) is -1.60. The number of hydrogen-bond acceptors (Lipinski definition) is 4. The summed E-state index contributed by atoms with van der Waals surface area (Å²) in [6, 6.07) is 0. The molecule has 2 atom stereocenters. The Bertz CT molecular complexity index is 393. The highest BCUT2D eigenvalue weighted by Crippen LogP contribution is 2.23. The van der Waals surface area contributed by atoms with Crippen molar-refractivity contribution in [1.82, 2.24) is 4.72 Å². The van der Waals surface area contributed by atoms with Gasteiger partial charge in [-0.1, -0.05) is 0 Å². The monoisotopic (exact) mass is 277 g/mol. The minimum Gasteiger partial charge on any atom is -0.479 e. The second kappa shape index (κ2) is 4.78. The second-order valence-corrected chi connectivity index (χ2v) is 5.22. The molecule has 0 radical (unpaired) electrons. The van der Waals surface area contributed by atoms with Crippen LogP contribution in [0, 0.1) is 0 Å². The normalized spacial score (nSPS) is 26.1. The van der Waals surface area contributed by atoms with Gasteiger partial charge in [-0.25, -0.2) is 17.9 Å². The van der Waals surface area contributed by atoms with Gasteiger partial charge in [0.05, 0.1) is 6.10 Å². The lowest BCUT2D eigenvalue weighted by Crippen LogP contribution is -2.40. The summed E-state index contributed by atoms with van der Waals surface area (Å²) >= 11 is 0. The van der Waals surface area contributed by atoms with Gasteiger partial charge in [0.2, 0.25) is 0 Å². The van der Waals surface area contributed by atoms with E-state index in [1.165, 1.54) is 4.72 Å². The summed E-state index contributed by atoms with van der Waals surface area (Å²) in [4.78, 5) is 10.5. The first-order valence-electron chi connectivity index (χ1n) is 4.57. The van der Waals surface area contributed by atoms with E-state index in [2.05, 4.69) is 0 Å². The lowest BCUT2D eigenvalue weighted by molar-refractivity contribution is -0.149. The van der Waals surface area contributed by atoms with Crippen LogP contribution in [0.5, 0.6) is 0 Å². The fourth-order valence-electron chi connectivity index (χ4n) is 1.32. The molecule has 0 spiro atoms. The maximum absolute atomic E-state index is 11.9. The third-order valence-corrected chi connectivity index (χ3v) is 3.34. The Hall–Kier alpha value is -0.870. The standard InChI is InChI=1S/C7H10F3NO5S/c8-7(9,10)17(14,15)11-3-4-1-2-5(16-4)6(12)13/h4-5,11H,1-3H2,(H,12,13). The van der Waals surface area contributed by atoms with Crippen molar-refractivity contribution in [3.63, 3.8) is 0 Å². The molecule has 6 nitrogen and oxygen atoms in total. The fourth-order valence-corrected chi connectivity index (χ4v) is 1.89. The van der Waals surface area contributed by atoms with Gasteiger partial charge in [0.1, 0.15) is 0 Å². The number of carboxylic acids is 1. The maximum Gasteiger partial charge on any atom is 0.511 e. The molecule has 1 saturated heterocycles. The van der Waals surface area contributed by atoms with Crippen LogP contribution >= 0.6 is 0 Å². The minimum atomic E-state index is -5.40. The van der Waals surface area contributed by atoms with E-state index in [-0.39, 0.29) is 12.8 Å². The summed E-state index contributed by atoms with van der Waals surface area (Å²) in [6.45, 7) is -0.592. The van der Waals surface area contributed by atoms with Gasteiger partial charge in [0.15, 0.2) is 6.10 Å². The third kappa shape index (κ3) is 3.54. The van der Waals surface area contributed by atoms with Crippen LogP contribution in [0.3, 0.4) is 0 Å². The van der Waals surface area contributed by atoms with Crippen molar-refractivity contribution < 1.29 is 36.2 Å². The van der Waals surface area contributed by atoms with Gasteiger partial charge < -0.3 is 9.84 Å². The average molecular weight is 277 g/mol. The number of ether oxygens (including phenoxy) is 1. The Morgan fingerprint density at radius 1 is 1.41 bits per heavy atom. The van der Waals surface area contributed by atoms with Gasteiger partial charge in [0, 0.05) is 6.54 Å². The van der Waals surface area contributed by atoms with E-state index < -0.39 is 40.3 Å². The topological polar surface area (TPSA) is 92.7 Å². The molecule has 1 heterocycles. The van der Waals surface area contributed by atoms with Crippen molar-refractivity contribution in [3.05, 3.63) is 0 Å². The average Bonchev–Trinajstić information content (AvgIpc) is 2.61. The van der Waals surface area contributed by atoms with E-state index in [1.807, 2.05) is 0 Å². The van der Waals surface area contributed by atoms with Gasteiger partial charge in [-0.15, -0.1) is 0 Å². The molecule has 0 aliphatic carbocycles. The smallest absolute Gasteiger partial charge is 0.479 e. The molecule has 0 amide bonds. The molecule has 1 rings (SSSR count). The Labute approximate surface area is 94.8 Å². The van der Waals surface area contributed by atoms with Crippen molar-refractivity contribution in [2.45, 2.75) is 30.6 Å². The molecule has 2 N–H and O–H groups in total. The number of carbonyl (C=O) groups is 1. The summed E-state index contributed by atoms with van der Waals surface area (Å²) in [5.41, 5.74) is -5.38. The number of aliphatic carboxylic acids is 1. The van der Waals surface area contributed by atoms with E-state index in [4.69, 9.17) is 9.84 Å². The number of halogens is 3. The summed E-state index contributed by atoms with van der Waals surface area (Å²) in [5, 5.41) is 8.54. The van der Waals surface area contributed by atoms with Gasteiger partial charge in [-0.3, -0.25) is 0 Å². The van der Waals surface area contributed by atoms with Crippen LogP contribution in [0.25, 0.3) is 0 Å². The number of nitrogens with one attached hydrogen (secondary N) is 1. The highest BCUT2D eigenvalue weighted by Gasteiger charge is 2.46. The summed E-state index contributed by atoms with van der Waals surface area (Å²) in [7, 11) is -5.40. The molecule has 0 aromatic carbocycles. The number of sulfonamides is 1. The Morgan fingerprint density at radius 2 is 2.00 bits per heavy atom. The number of hydrogen-bond donors (Lipinski definition) is 2. The molecule has 100 valence electrons. The zero-order valence-electron chi connectivity index (χ0n) is 8.40. The first-order valence-corrected chi connectivity index (χ1v) is 6.06. The quantitative estimate of drug-likeness (QED) is 0.758. The Kier molecular flexibility index (Phi) is 3.99. The van der Waals surface area contributed by atoms with Crippen LogP contribution in [-0.2, 0) is 19.6 Å². The molecule has 1 aliphatic rings. The van der Waals surface area contributed by atoms with E-state index in [1.54, 1.807) is 0 Å². The van der Waals surface area contributed by atoms with Crippen molar-refractivity contribution >= 4 is 16.0 Å². The molecule has 1 aliphatic heterocycles.